The molecule has 2 aromatic rings. The molecule has 1 N–H and O–H groups in total. The number of carbonyl (C=O) groups is 1. The van der Waals surface area contributed by atoms with Crippen LogP contribution in [0.5, 0.6) is 0 Å². The topological polar surface area (TPSA) is 44.8 Å². The fourth-order valence-corrected chi connectivity index (χ4v) is 4.69. The van der Waals surface area contributed by atoms with Crippen LogP contribution in [0, 0.1) is 0 Å². The quantitative estimate of drug-likeness (QED) is 0.908. The van der Waals surface area contributed by atoms with Crippen LogP contribution in [0.1, 0.15) is 46.3 Å². The zero-order chi connectivity index (χ0) is 18.2. The number of hydroxylamine groups is 2. The minimum Gasteiger partial charge on any atom is -0.369 e. The molecule has 3 aliphatic rings. The predicted molar refractivity (Wildman–Crippen MR) is 105 cm³/mol. The second kappa shape index (κ2) is 6.98. The maximum Gasteiger partial charge on any atom is 0.357 e. The van der Waals surface area contributed by atoms with Gasteiger partial charge in [-0.25, -0.2) is 4.79 Å². The number of hydrogen-bond acceptors (Lipinski definition) is 5. The number of piperidine rings is 1. The Hall–Kier alpha value is -2.37. The van der Waals surface area contributed by atoms with E-state index in [1.54, 1.807) is 12.1 Å². The summed E-state index contributed by atoms with van der Waals surface area (Å²) in [7, 11) is 0. The highest BCUT2D eigenvalue weighted by Crippen LogP contribution is 2.50. The van der Waals surface area contributed by atoms with Crippen LogP contribution in [0.25, 0.3) is 0 Å². The number of nitrogens with zero attached hydrogens (tertiary/aromatic N) is 2. The molecular formula is C22H25N3O2. The first-order valence-corrected chi connectivity index (χ1v) is 9.93. The van der Waals surface area contributed by atoms with Gasteiger partial charge in [0.1, 0.15) is 0 Å². The van der Waals surface area contributed by atoms with E-state index in [1.807, 2.05) is 23.3 Å². The first-order chi connectivity index (χ1) is 13.3. The minimum atomic E-state index is -0.264. The van der Waals surface area contributed by atoms with E-state index >= 15 is 0 Å². The van der Waals surface area contributed by atoms with E-state index < -0.39 is 0 Å². The van der Waals surface area contributed by atoms with Gasteiger partial charge in [0.25, 0.3) is 0 Å². The van der Waals surface area contributed by atoms with Gasteiger partial charge in [-0.2, -0.15) is 0 Å². The van der Waals surface area contributed by atoms with E-state index in [1.165, 1.54) is 16.8 Å². The molecule has 0 radical (unpaired) electrons. The van der Waals surface area contributed by atoms with Gasteiger partial charge in [0, 0.05) is 38.4 Å². The van der Waals surface area contributed by atoms with Gasteiger partial charge in [0.2, 0.25) is 0 Å². The van der Waals surface area contributed by atoms with Crippen molar-refractivity contribution < 1.29 is 9.63 Å². The summed E-state index contributed by atoms with van der Waals surface area (Å²) < 4.78 is 0. The Morgan fingerprint density at radius 1 is 1.00 bits per heavy atom. The van der Waals surface area contributed by atoms with Crippen molar-refractivity contribution in [2.75, 3.05) is 37.6 Å². The largest absolute Gasteiger partial charge is 0.369 e. The molecule has 140 valence electrons. The second-order valence-corrected chi connectivity index (χ2v) is 7.67. The molecule has 2 fully saturated rings. The lowest BCUT2D eigenvalue weighted by atomic mass is 9.96. The third kappa shape index (κ3) is 3.11. The Morgan fingerprint density at radius 2 is 1.81 bits per heavy atom. The third-order valence-electron chi connectivity index (χ3n) is 6.11. The van der Waals surface area contributed by atoms with Crippen molar-refractivity contribution in [3.05, 3.63) is 65.2 Å². The Morgan fingerprint density at radius 3 is 2.63 bits per heavy atom. The number of hydrogen-bond donors (Lipinski definition) is 1. The van der Waals surface area contributed by atoms with Crippen LogP contribution in [-0.2, 0) is 4.84 Å². The molecule has 5 nitrogen and oxygen atoms in total. The fourth-order valence-electron chi connectivity index (χ4n) is 4.69. The van der Waals surface area contributed by atoms with Crippen molar-refractivity contribution in [2.24, 2.45) is 0 Å². The Balaban J connectivity index is 1.36. The van der Waals surface area contributed by atoms with Crippen LogP contribution in [0.3, 0.4) is 0 Å². The Labute approximate surface area is 159 Å². The number of piperazine rings is 1. The highest BCUT2D eigenvalue weighted by molar-refractivity contribution is 5.89. The molecule has 1 aliphatic carbocycles. The molecule has 5 rings (SSSR count). The molecule has 2 bridgehead atoms. The SMILES string of the molecule is O=C(ON1CCC2CC1c1ccc(N3CCNCC3)cc12)c1ccccc1. The van der Waals surface area contributed by atoms with Crippen LogP contribution in [0.4, 0.5) is 5.69 Å². The van der Waals surface area contributed by atoms with Crippen LogP contribution in [-0.4, -0.2) is 43.8 Å². The van der Waals surface area contributed by atoms with Crippen molar-refractivity contribution in [1.82, 2.24) is 10.4 Å². The van der Waals surface area contributed by atoms with Gasteiger partial charge in [-0.1, -0.05) is 24.3 Å². The normalized spacial score (nSPS) is 24.5. The smallest absolute Gasteiger partial charge is 0.357 e. The summed E-state index contributed by atoms with van der Waals surface area (Å²) >= 11 is 0. The highest BCUT2D eigenvalue weighted by Gasteiger charge is 2.41. The van der Waals surface area contributed by atoms with Crippen LogP contribution < -0.4 is 10.2 Å². The van der Waals surface area contributed by atoms with Crippen molar-refractivity contribution in [2.45, 2.75) is 24.8 Å². The summed E-state index contributed by atoms with van der Waals surface area (Å²) in [5, 5.41) is 5.32. The van der Waals surface area contributed by atoms with E-state index in [0.29, 0.717) is 11.5 Å². The lowest BCUT2D eigenvalue weighted by Crippen LogP contribution is -2.43. The molecule has 27 heavy (non-hydrogen) atoms. The van der Waals surface area contributed by atoms with Gasteiger partial charge in [-0.05, 0) is 54.2 Å². The molecule has 2 heterocycles. The standard InChI is InChI=1S/C22H25N3O2/c26-22(16-4-2-1-3-5-16)27-25-11-8-17-14-21(25)19-7-6-18(15-20(17)19)24-12-9-23-10-13-24/h1-7,15,17,21,23H,8-14H2. The molecule has 2 atom stereocenters. The van der Waals surface area contributed by atoms with Gasteiger partial charge in [-0.3, -0.25) is 0 Å². The zero-order valence-electron chi connectivity index (χ0n) is 15.4. The third-order valence-corrected chi connectivity index (χ3v) is 6.11. The number of benzene rings is 2. The lowest BCUT2D eigenvalue weighted by Gasteiger charge is -2.31. The van der Waals surface area contributed by atoms with E-state index in [2.05, 4.69) is 28.4 Å². The Bertz CT molecular complexity index is 833. The maximum absolute atomic E-state index is 12.5. The van der Waals surface area contributed by atoms with Crippen LogP contribution in [0.15, 0.2) is 48.5 Å². The lowest BCUT2D eigenvalue weighted by molar-refractivity contribution is -0.150. The number of anilines is 1. The van der Waals surface area contributed by atoms with E-state index in [-0.39, 0.29) is 12.0 Å². The maximum atomic E-state index is 12.5. The Kier molecular flexibility index (Phi) is 4.34. The average molecular weight is 363 g/mol. The molecule has 0 aromatic heterocycles. The molecule has 0 amide bonds. The zero-order valence-corrected chi connectivity index (χ0v) is 15.4. The first-order valence-electron chi connectivity index (χ1n) is 9.93. The van der Waals surface area contributed by atoms with Crippen molar-refractivity contribution in [3.8, 4) is 0 Å². The number of nitrogens with one attached hydrogen (secondary N) is 1. The summed E-state index contributed by atoms with van der Waals surface area (Å²) in [5.41, 5.74) is 4.72. The molecular weight excluding hydrogens is 338 g/mol. The number of carbonyl (C=O) groups excluding carboxylic acids is 1. The van der Waals surface area contributed by atoms with Crippen molar-refractivity contribution in [1.29, 1.82) is 0 Å². The molecule has 5 heteroatoms. The van der Waals surface area contributed by atoms with Crippen molar-refractivity contribution >= 4 is 11.7 Å². The van der Waals surface area contributed by atoms with Gasteiger partial charge in [-0.15, -0.1) is 5.06 Å². The van der Waals surface area contributed by atoms with Gasteiger partial charge < -0.3 is 15.1 Å². The molecule has 0 saturated carbocycles. The molecule has 2 unspecified atom stereocenters. The van der Waals surface area contributed by atoms with E-state index in [9.17, 15) is 4.79 Å². The molecule has 0 spiro atoms. The molecule has 2 saturated heterocycles. The minimum absolute atomic E-state index is 0.184. The summed E-state index contributed by atoms with van der Waals surface area (Å²) in [6.45, 7) is 5.02. The summed E-state index contributed by atoms with van der Waals surface area (Å²) in [6.07, 6.45) is 2.08. The monoisotopic (exact) mass is 363 g/mol. The van der Waals surface area contributed by atoms with Gasteiger partial charge >= 0.3 is 5.97 Å². The summed E-state index contributed by atoms with van der Waals surface area (Å²) in [5.74, 6) is 0.319. The van der Waals surface area contributed by atoms with Gasteiger partial charge in [0.05, 0.1) is 11.6 Å². The first kappa shape index (κ1) is 16.8. The predicted octanol–water partition coefficient (Wildman–Crippen LogP) is 3.10. The highest BCUT2D eigenvalue weighted by atomic mass is 16.7. The average Bonchev–Trinajstić information content (AvgIpc) is 3.04. The number of rotatable bonds is 3. The second-order valence-electron chi connectivity index (χ2n) is 7.67. The molecule has 2 aliphatic heterocycles. The van der Waals surface area contributed by atoms with Gasteiger partial charge in [0.15, 0.2) is 0 Å². The van der Waals surface area contributed by atoms with E-state index in [0.717, 1.165) is 45.6 Å². The summed E-state index contributed by atoms with van der Waals surface area (Å²) in [6, 6.07) is 16.3. The van der Waals surface area contributed by atoms with Crippen LogP contribution >= 0.6 is 0 Å². The van der Waals surface area contributed by atoms with E-state index in [4.69, 9.17) is 4.84 Å². The summed E-state index contributed by atoms with van der Waals surface area (Å²) in [4.78, 5) is 20.7. The van der Waals surface area contributed by atoms with Crippen LogP contribution in [0.2, 0.25) is 0 Å². The fraction of sp³-hybridized carbons (Fsp3) is 0.409. The molecule has 2 aromatic carbocycles. The van der Waals surface area contributed by atoms with Crippen molar-refractivity contribution in [3.63, 3.8) is 0 Å². The number of fused-ring (bicyclic) bond motifs is 5.